The fraction of sp³-hybridized carbons (Fsp3) is 0.692. The van der Waals surface area contributed by atoms with Crippen LogP contribution in [0.5, 0.6) is 0 Å². The van der Waals surface area contributed by atoms with E-state index in [4.69, 9.17) is 0 Å². The Balaban J connectivity index is 1.80. The lowest BCUT2D eigenvalue weighted by Gasteiger charge is -2.16. The predicted molar refractivity (Wildman–Crippen MR) is 77.2 cm³/mol. The average molecular weight is 303 g/mol. The first-order valence-corrected chi connectivity index (χ1v) is 9.18. The monoisotopic (exact) mass is 303 g/mol. The van der Waals surface area contributed by atoms with Crippen molar-refractivity contribution in [2.24, 2.45) is 5.92 Å². The molecule has 1 saturated carbocycles. The van der Waals surface area contributed by atoms with Gasteiger partial charge in [0.05, 0.1) is 11.9 Å². The van der Waals surface area contributed by atoms with Crippen LogP contribution in [-0.2, 0) is 9.84 Å². The van der Waals surface area contributed by atoms with Gasteiger partial charge >= 0.3 is 0 Å². The van der Waals surface area contributed by atoms with Crippen molar-refractivity contribution in [3.63, 3.8) is 0 Å². The van der Waals surface area contributed by atoms with Crippen LogP contribution in [0, 0.1) is 5.92 Å². The molecule has 0 amide bonds. The third-order valence-electron chi connectivity index (χ3n) is 3.55. The first-order chi connectivity index (χ1) is 8.97. The minimum absolute atomic E-state index is 0.206. The normalized spacial score (nSPS) is 25.6. The first kappa shape index (κ1) is 15.0. The predicted octanol–water partition coefficient (Wildman–Crippen LogP) is 1.66. The molecule has 6 heteroatoms. The Morgan fingerprint density at radius 3 is 2.89 bits per heavy atom. The maximum absolute atomic E-state index is 12.0. The number of rotatable bonds is 6. The number of sulfone groups is 1. The molecule has 0 spiro atoms. The Labute approximate surface area is 118 Å². The smallest absolute Gasteiger partial charge is 0.190 e. The van der Waals surface area contributed by atoms with Gasteiger partial charge in [0.1, 0.15) is 4.21 Å². The molecule has 19 heavy (non-hydrogen) atoms. The van der Waals surface area contributed by atoms with Crippen LogP contribution in [-0.4, -0.2) is 38.0 Å². The maximum atomic E-state index is 12.0. The number of nitrogens with one attached hydrogen (secondary N) is 1. The second kappa shape index (κ2) is 6.35. The van der Waals surface area contributed by atoms with E-state index in [1.54, 1.807) is 17.5 Å². The van der Waals surface area contributed by atoms with Crippen LogP contribution in [0.25, 0.3) is 0 Å². The molecule has 1 fully saturated rings. The molecule has 1 aromatic heterocycles. The van der Waals surface area contributed by atoms with E-state index in [9.17, 15) is 13.5 Å². The lowest BCUT2D eigenvalue weighted by Crippen LogP contribution is -2.37. The van der Waals surface area contributed by atoms with Crippen molar-refractivity contribution in [1.29, 1.82) is 0 Å². The van der Waals surface area contributed by atoms with E-state index in [2.05, 4.69) is 12.2 Å². The zero-order valence-electron chi connectivity index (χ0n) is 11.1. The van der Waals surface area contributed by atoms with Crippen LogP contribution in [0.1, 0.15) is 26.2 Å². The zero-order valence-corrected chi connectivity index (χ0v) is 12.7. The number of aliphatic hydroxyl groups is 1. The molecular weight excluding hydrogens is 282 g/mol. The summed E-state index contributed by atoms with van der Waals surface area (Å²) in [6.07, 6.45) is 2.60. The fourth-order valence-corrected chi connectivity index (χ4v) is 5.01. The van der Waals surface area contributed by atoms with E-state index in [0.29, 0.717) is 16.8 Å². The van der Waals surface area contributed by atoms with Crippen LogP contribution in [0.2, 0.25) is 0 Å². The summed E-state index contributed by atoms with van der Waals surface area (Å²) in [6.45, 7) is 2.57. The van der Waals surface area contributed by atoms with Crippen LogP contribution >= 0.6 is 11.3 Å². The third-order valence-corrected chi connectivity index (χ3v) is 6.84. The van der Waals surface area contributed by atoms with Gasteiger partial charge in [-0.05, 0) is 36.6 Å². The van der Waals surface area contributed by atoms with Crippen molar-refractivity contribution >= 4 is 21.2 Å². The second-order valence-electron chi connectivity index (χ2n) is 5.39. The number of aliphatic hydroxyl groups excluding tert-OH is 1. The number of thiophene rings is 1. The molecule has 1 heterocycles. The van der Waals surface area contributed by atoms with Gasteiger partial charge in [-0.1, -0.05) is 13.0 Å². The first-order valence-electron chi connectivity index (χ1n) is 6.65. The quantitative estimate of drug-likeness (QED) is 0.839. The molecule has 1 aromatic rings. The van der Waals surface area contributed by atoms with Crippen molar-refractivity contribution in [2.45, 2.75) is 42.5 Å². The largest absolute Gasteiger partial charge is 0.391 e. The van der Waals surface area contributed by atoms with Gasteiger partial charge in [0.25, 0.3) is 0 Å². The summed E-state index contributed by atoms with van der Waals surface area (Å²) in [5, 5.41) is 14.9. The Morgan fingerprint density at radius 2 is 2.32 bits per heavy atom. The van der Waals surface area contributed by atoms with Crippen molar-refractivity contribution in [3.8, 4) is 0 Å². The van der Waals surface area contributed by atoms with Gasteiger partial charge in [0.15, 0.2) is 9.84 Å². The van der Waals surface area contributed by atoms with Crippen LogP contribution in [0.15, 0.2) is 21.7 Å². The summed E-state index contributed by atoms with van der Waals surface area (Å²) in [7, 11) is -3.34. The van der Waals surface area contributed by atoms with Gasteiger partial charge in [0, 0.05) is 12.6 Å². The van der Waals surface area contributed by atoms with Gasteiger partial charge in [-0.25, -0.2) is 8.42 Å². The van der Waals surface area contributed by atoms with E-state index in [1.165, 1.54) is 17.8 Å². The van der Waals surface area contributed by atoms with Crippen LogP contribution in [0.4, 0.5) is 0 Å². The molecule has 1 aliphatic carbocycles. The molecule has 2 rings (SSSR count). The molecule has 0 aliphatic heterocycles. The number of hydrogen-bond acceptors (Lipinski definition) is 5. The molecular formula is C13H21NO3S2. The molecule has 2 N–H and O–H groups in total. The highest BCUT2D eigenvalue weighted by molar-refractivity contribution is 7.93. The summed E-state index contributed by atoms with van der Waals surface area (Å²) < 4.78 is 24.3. The third kappa shape index (κ3) is 4.27. The van der Waals surface area contributed by atoms with Crippen LogP contribution in [0.3, 0.4) is 0 Å². The summed E-state index contributed by atoms with van der Waals surface area (Å²) in [5.74, 6) is 0.521. The standard InChI is InChI=1S/C13H21NO3S2/c1-10-4-5-11(7-10)14-8-12(15)9-19(16,17)13-3-2-6-18-13/h2-3,6,10-12,14-15H,4-5,7-9H2,1H3. The van der Waals surface area contributed by atoms with Crippen molar-refractivity contribution in [1.82, 2.24) is 5.32 Å². The summed E-state index contributed by atoms with van der Waals surface area (Å²) >= 11 is 1.20. The fourth-order valence-electron chi connectivity index (χ4n) is 2.53. The van der Waals surface area contributed by atoms with E-state index >= 15 is 0 Å². The Kier molecular flexibility index (Phi) is 5.00. The molecule has 3 unspecified atom stereocenters. The van der Waals surface area contributed by atoms with E-state index in [1.807, 2.05) is 0 Å². The summed E-state index contributed by atoms with van der Waals surface area (Å²) in [4.78, 5) is 0. The van der Waals surface area contributed by atoms with E-state index in [0.717, 1.165) is 18.8 Å². The second-order valence-corrected chi connectivity index (χ2v) is 8.60. The molecule has 0 bridgehead atoms. The SMILES string of the molecule is CC1CCC(NCC(O)CS(=O)(=O)c2cccs2)C1. The maximum Gasteiger partial charge on any atom is 0.190 e. The average Bonchev–Trinajstić information content (AvgIpc) is 2.96. The Bertz CT molecular complexity index is 484. The molecule has 0 radical (unpaired) electrons. The zero-order chi connectivity index (χ0) is 13.9. The Morgan fingerprint density at radius 1 is 1.53 bits per heavy atom. The lowest BCUT2D eigenvalue weighted by atomic mass is 10.1. The van der Waals surface area contributed by atoms with Gasteiger partial charge < -0.3 is 10.4 Å². The molecule has 108 valence electrons. The molecule has 1 aliphatic rings. The minimum Gasteiger partial charge on any atom is -0.391 e. The van der Waals surface area contributed by atoms with Crippen LogP contribution < -0.4 is 5.32 Å². The van der Waals surface area contributed by atoms with Gasteiger partial charge in [-0.2, -0.15) is 0 Å². The van der Waals surface area contributed by atoms with Crippen molar-refractivity contribution in [3.05, 3.63) is 17.5 Å². The van der Waals surface area contributed by atoms with E-state index in [-0.39, 0.29) is 5.75 Å². The van der Waals surface area contributed by atoms with E-state index < -0.39 is 15.9 Å². The summed E-state index contributed by atoms with van der Waals surface area (Å²) in [6, 6.07) is 3.72. The van der Waals surface area contributed by atoms with Crippen molar-refractivity contribution in [2.75, 3.05) is 12.3 Å². The molecule has 3 atom stereocenters. The highest BCUT2D eigenvalue weighted by Gasteiger charge is 2.24. The molecule has 0 aromatic carbocycles. The van der Waals surface area contributed by atoms with Crippen molar-refractivity contribution < 1.29 is 13.5 Å². The van der Waals surface area contributed by atoms with Gasteiger partial charge in [-0.15, -0.1) is 11.3 Å². The molecule has 4 nitrogen and oxygen atoms in total. The molecule has 0 saturated heterocycles. The lowest BCUT2D eigenvalue weighted by molar-refractivity contribution is 0.188. The van der Waals surface area contributed by atoms with Gasteiger partial charge in [0.2, 0.25) is 0 Å². The number of hydrogen-bond donors (Lipinski definition) is 2. The highest BCUT2D eigenvalue weighted by Crippen LogP contribution is 2.24. The Hall–Kier alpha value is -0.430. The summed E-state index contributed by atoms with van der Waals surface area (Å²) in [5.41, 5.74) is 0. The van der Waals surface area contributed by atoms with Gasteiger partial charge in [-0.3, -0.25) is 0 Å². The minimum atomic E-state index is -3.34. The topological polar surface area (TPSA) is 66.4 Å². The highest BCUT2D eigenvalue weighted by atomic mass is 32.2.